The van der Waals surface area contributed by atoms with Gasteiger partial charge in [-0.05, 0) is 74.1 Å². The Kier molecular flexibility index (Phi) is 4.72. The van der Waals surface area contributed by atoms with E-state index in [0.29, 0.717) is 11.4 Å². The zero-order chi connectivity index (χ0) is 19.6. The number of carbonyl (C=O) groups is 1. The molecule has 5 nitrogen and oxygen atoms in total. The smallest absolute Gasteiger partial charge is 0.258 e. The number of hydrogen-bond acceptors (Lipinski definition) is 4. The van der Waals surface area contributed by atoms with Crippen molar-refractivity contribution in [3.8, 4) is 0 Å². The van der Waals surface area contributed by atoms with Gasteiger partial charge >= 0.3 is 0 Å². The minimum absolute atomic E-state index is 0.204. The average Bonchev–Trinajstić information content (AvgIpc) is 2.79. The Hall–Kier alpha value is -3.21. The van der Waals surface area contributed by atoms with E-state index in [9.17, 15) is 4.79 Å². The van der Waals surface area contributed by atoms with Gasteiger partial charge in [-0.3, -0.25) is 9.78 Å². The molecule has 2 aliphatic rings. The third kappa shape index (κ3) is 3.73. The van der Waals surface area contributed by atoms with Gasteiger partial charge in [-0.25, -0.2) is 4.98 Å². The molecule has 1 N–H and O–H groups in total. The van der Waals surface area contributed by atoms with Crippen LogP contribution in [0.5, 0.6) is 0 Å². The minimum atomic E-state index is -0.204. The Labute approximate surface area is 170 Å². The molecule has 1 aliphatic carbocycles. The lowest BCUT2D eigenvalue weighted by atomic mass is 9.82. The van der Waals surface area contributed by atoms with E-state index in [4.69, 9.17) is 0 Å². The van der Waals surface area contributed by atoms with E-state index in [1.807, 2.05) is 18.2 Å². The maximum Gasteiger partial charge on any atom is 0.258 e. The third-order valence-electron chi connectivity index (χ3n) is 6.01. The second kappa shape index (κ2) is 7.66. The number of fused-ring (bicyclic) bond motifs is 2. The highest BCUT2D eigenvalue weighted by Crippen LogP contribution is 2.34. The molecule has 5 rings (SSSR count). The van der Waals surface area contributed by atoms with E-state index < -0.39 is 0 Å². The molecule has 1 aromatic carbocycles. The summed E-state index contributed by atoms with van der Waals surface area (Å²) in [6, 6.07) is 13.8. The second-order valence-corrected chi connectivity index (χ2v) is 7.89. The predicted octanol–water partition coefficient (Wildman–Crippen LogP) is 4.82. The van der Waals surface area contributed by atoms with Crippen LogP contribution in [0.15, 0.2) is 66.5 Å². The van der Waals surface area contributed by atoms with Gasteiger partial charge in [0.1, 0.15) is 5.82 Å². The minimum Gasteiger partial charge on any atom is -0.367 e. The summed E-state index contributed by atoms with van der Waals surface area (Å²) >= 11 is 0. The van der Waals surface area contributed by atoms with Crippen molar-refractivity contribution in [1.82, 2.24) is 9.97 Å². The van der Waals surface area contributed by atoms with Gasteiger partial charge in [-0.2, -0.15) is 0 Å². The summed E-state index contributed by atoms with van der Waals surface area (Å²) in [5.41, 5.74) is 4.26. The lowest BCUT2D eigenvalue weighted by Gasteiger charge is -2.37. The molecule has 1 aliphatic heterocycles. The van der Waals surface area contributed by atoms with Gasteiger partial charge in [0.2, 0.25) is 0 Å². The van der Waals surface area contributed by atoms with E-state index in [0.717, 1.165) is 29.9 Å². The Morgan fingerprint density at radius 1 is 1.14 bits per heavy atom. The van der Waals surface area contributed by atoms with Crippen molar-refractivity contribution in [2.24, 2.45) is 5.92 Å². The third-order valence-corrected chi connectivity index (χ3v) is 6.01. The van der Waals surface area contributed by atoms with Crippen molar-refractivity contribution in [3.05, 3.63) is 72.1 Å². The van der Waals surface area contributed by atoms with Crippen LogP contribution in [0.2, 0.25) is 0 Å². The monoisotopic (exact) mass is 384 g/mol. The predicted molar refractivity (Wildman–Crippen MR) is 116 cm³/mol. The molecule has 5 heteroatoms. The van der Waals surface area contributed by atoms with Crippen LogP contribution in [-0.2, 0) is 0 Å². The Morgan fingerprint density at radius 2 is 2.10 bits per heavy atom. The second-order valence-electron chi connectivity index (χ2n) is 7.89. The van der Waals surface area contributed by atoms with Crippen LogP contribution in [0, 0.1) is 5.92 Å². The number of nitrogens with zero attached hydrogens (tertiary/aromatic N) is 3. The average molecular weight is 384 g/mol. The lowest BCUT2D eigenvalue weighted by Crippen LogP contribution is -2.36. The van der Waals surface area contributed by atoms with Crippen LogP contribution in [0.4, 0.5) is 11.5 Å². The first-order chi connectivity index (χ1) is 14.3. The summed E-state index contributed by atoms with van der Waals surface area (Å²) in [4.78, 5) is 23.4. The number of nitrogens with one attached hydrogen (secondary N) is 1. The summed E-state index contributed by atoms with van der Waals surface area (Å²) in [5, 5.41) is 3.94. The van der Waals surface area contributed by atoms with Crippen molar-refractivity contribution < 1.29 is 4.79 Å². The molecule has 0 bridgehead atoms. The Bertz CT molecular complexity index is 1080. The summed E-state index contributed by atoms with van der Waals surface area (Å²) < 4.78 is 0. The molecule has 1 saturated heterocycles. The van der Waals surface area contributed by atoms with Crippen molar-refractivity contribution in [1.29, 1.82) is 0 Å². The number of amides is 1. The molecule has 0 saturated carbocycles. The van der Waals surface area contributed by atoms with Gasteiger partial charge in [0.05, 0.1) is 11.1 Å². The van der Waals surface area contributed by atoms with Crippen LogP contribution < -0.4 is 10.2 Å². The van der Waals surface area contributed by atoms with Crippen LogP contribution in [-0.4, -0.2) is 29.0 Å². The fourth-order valence-corrected chi connectivity index (χ4v) is 4.42. The standard InChI is InChI=1S/C24H24N4O/c29-24(19-6-3-12-25-15-19)27-23-10-7-18-14-21(8-9-22(18)26-23)28-13-11-17-4-1-2-5-20(17)16-28/h3,5-10,12,14-15,17H,1-2,4,11,13,16H2,(H,26,27,29). The number of benzene rings is 1. The largest absolute Gasteiger partial charge is 0.367 e. The quantitative estimate of drug-likeness (QED) is 0.658. The number of piperidine rings is 1. The number of hydrogen-bond donors (Lipinski definition) is 1. The molecule has 2 aromatic heterocycles. The zero-order valence-electron chi connectivity index (χ0n) is 16.3. The molecule has 0 spiro atoms. The van der Waals surface area contributed by atoms with Crippen LogP contribution in [0.3, 0.4) is 0 Å². The van der Waals surface area contributed by atoms with Crippen molar-refractivity contribution in [2.75, 3.05) is 23.3 Å². The van der Waals surface area contributed by atoms with Gasteiger partial charge in [-0.1, -0.05) is 11.6 Å². The Balaban J connectivity index is 1.34. The molecular weight excluding hydrogens is 360 g/mol. The van der Waals surface area contributed by atoms with E-state index in [-0.39, 0.29) is 5.91 Å². The molecule has 1 atom stereocenters. The van der Waals surface area contributed by atoms with Crippen molar-refractivity contribution in [3.63, 3.8) is 0 Å². The first kappa shape index (κ1) is 17.9. The number of rotatable bonds is 3. The summed E-state index contributed by atoms with van der Waals surface area (Å²) in [6.45, 7) is 2.16. The zero-order valence-corrected chi connectivity index (χ0v) is 16.3. The van der Waals surface area contributed by atoms with Gasteiger partial charge in [0.15, 0.2) is 0 Å². The number of allylic oxidation sites excluding steroid dienone is 1. The topological polar surface area (TPSA) is 58.1 Å². The Morgan fingerprint density at radius 3 is 3.00 bits per heavy atom. The van der Waals surface area contributed by atoms with E-state index >= 15 is 0 Å². The highest BCUT2D eigenvalue weighted by atomic mass is 16.1. The summed E-state index contributed by atoms with van der Waals surface area (Å²) in [5.74, 6) is 1.14. The molecule has 0 radical (unpaired) electrons. The molecule has 29 heavy (non-hydrogen) atoms. The molecule has 1 unspecified atom stereocenters. The summed E-state index contributed by atoms with van der Waals surface area (Å²) in [7, 11) is 0. The van der Waals surface area contributed by atoms with Crippen LogP contribution in [0.25, 0.3) is 10.9 Å². The lowest BCUT2D eigenvalue weighted by molar-refractivity contribution is 0.102. The maximum absolute atomic E-state index is 12.3. The van der Waals surface area contributed by atoms with Gasteiger partial charge in [0, 0.05) is 36.6 Å². The first-order valence-corrected chi connectivity index (χ1v) is 10.3. The van der Waals surface area contributed by atoms with Gasteiger partial charge in [0.25, 0.3) is 5.91 Å². The molecule has 146 valence electrons. The molecule has 3 aromatic rings. The number of anilines is 2. The fraction of sp³-hybridized carbons (Fsp3) is 0.292. The van der Waals surface area contributed by atoms with Crippen molar-refractivity contribution in [2.45, 2.75) is 25.7 Å². The van der Waals surface area contributed by atoms with Gasteiger partial charge < -0.3 is 10.2 Å². The summed E-state index contributed by atoms with van der Waals surface area (Å²) in [6.07, 6.45) is 10.8. The molecule has 3 heterocycles. The highest BCUT2D eigenvalue weighted by molar-refractivity contribution is 6.04. The van der Waals surface area contributed by atoms with E-state index in [1.165, 1.54) is 31.4 Å². The molecule has 1 amide bonds. The van der Waals surface area contributed by atoms with Crippen LogP contribution in [0.1, 0.15) is 36.0 Å². The van der Waals surface area contributed by atoms with Gasteiger partial charge in [-0.15, -0.1) is 0 Å². The SMILES string of the molecule is O=C(Nc1ccc2cc(N3CCC4CCCC=C4C3)ccc2n1)c1cccnc1. The number of pyridine rings is 2. The molecule has 1 fully saturated rings. The van der Waals surface area contributed by atoms with Crippen LogP contribution >= 0.6 is 0 Å². The maximum atomic E-state index is 12.3. The van der Waals surface area contributed by atoms with E-state index in [2.05, 4.69) is 38.4 Å². The molecular formula is C24H24N4O. The van der Waals surface area contributed by atoms with E-state index in [1.54, 1.807) is 30.1 Å². The first-order valence-electron chi connectivity index (χ1n) is 10.3. The highest BCUT2D eigenvalue weighted by Gasteiger charge is 2.25. The number of carbonyl (C=O) groups excluding carboxylic acids is 1. The fourth-order valence-electron chi connectivity index (χ4n) is 4.42. The number of aromatic nitrogens is 2. The normalized spacial score (nSPS) is 18.8. The van der Waals surface area contributed by atoms with Crippen molar-refractivity contribution >= 4 is 28.3 Å².